The quantitative estimate of drug-likeness (QED) is 0.724. The number of benzene rings is 1. The van der Waals surface area contributed by atoms with Crippen LogP contribution >= 0.6 is 11.6 Å². The molecule has 3 heterocycles. The topological polar surface area (TPSA) is 84.9 Å². The zero-order valence-corrected chi connectivity index (χ0v) is 17.4. The number of amides is 2. The summed E-state index contributed by atoms with van der Waals surface area (Å²) in [5.74, 6) is 0.215. The number of piperidine rings is 1. The Labute approximate surface area is 179 Å². The van der Waals surface area contributed by atoms with Gasteiger partial charge in [0.1, 0.15) is 6.10 Å². The number of hydrogen-bond acceptors (Lipinski definition) is 6. The first-order valence-electron chi connectivity index (χ1n) is 9.91. The third-order valence-corrected chi connectivity index (χ3v) is 5.66. The number of aromatic nitrogens is 2. The minimum atomic E-state index is -0.363. The summed E-state index contributed by atoms with van der Waals surface area (Å²) < 4.78 is 11.1. The summed E-state index contributed by atoms with van der Waals surface area (Å²) >= 11 is 5.93. The Balaban J connectivity index is 1.39. The van der Waals surface area contributed by atoms with Crippen molar-refractivity contribution in [2.75, 3.05) is 31.6 Å². The molecule has 1 aromatic heterocycles. The molecule has 158 valence electrons. The summed E-state index contributed by atoms with van der Waals surface area (Å²) in [6, 6.07) is 7.08. The second-order valence-corrected chi connectivity index (χ2v) is 7.86. The molecule has 0 N–H and O–H groups in total. The summed E-state index contributed by atoms with van der Waals surface area (Å²) in [6.07, 6.45) is 4.72. The number of methoxy groups -OCH3 is 1. The number of hydrogen-bond donors (Lipinski definition) is 0. The van der Waals surface area contributed by atoms with Gasteiger partial charge in [0.25, 0.3) is 11.8 Å². The number of rotatable bonds is 5. The Hall–Kier alpha value is -2.87. The lowest BCUT2D eigenvalue weighted by molar-refractivity contribution is -0.138. The molecule has 2 amide bonds. The molecule has 0 bridgehead atoms. The SMILES string of the molecule is COc1nccnc1OC1CCCN(C(=O)C2CC(=O)N(c3ccc(Cl)cc3)C2)C1. The van der Waals surface area contributed by atoms with Crippen molar-refractivity contribution in [2.24, 2.45) is 5.92 Å². The lowest BCUT2D eigenvalue weighted by Crippen LogP contribution is -2.47. The fraction of sp³-hybridized carbons (Fsp3) is 0.429. The number of anilines is 1. The predicted octanol–water partition coefficient (Wildman–Crippen LogP) is 2.56. The van der Waals surface area contributed by atoms with Gasteiger partial charge in [0.2, 0.25) is 11.8 Å². The molecule has 2 aromatic rings. The van der Waals surface area contributed by atoms with Gasteiger partial charge in [0.05, 0.1) is 19.6 Å². The third-order valence-electron chi connectivity index (χ3n) is 5.41. The highest BCUT2D eigenvalue weighted by atomic mass is 35.5. The minimum absolute atomic E-state index is 0.0146. The molecule has 2 saturated heterocycles. The van der Waals surface area contributed by atoms with Crippen molar-refractivity contribution in [1.29, 1.82) is 0 Å². The van der Waals surface area contributed by atoms with Crippen LogP contribution in [-0.2, 0) is 9.59 Å². The molecule has 8 nitrogen and oxygen atoms in total. The molecule has 2 atom stereocenters. The van der Waals surface area contributed by atoms with Crippen LogP contribution in [0.25, 0.3) is 0 Å². The van der Waals surface area contributed by atoms with Crippen molar-refractivity contribution in [3.8, 4) is 11.8 Å². The normalized spacial score (nSPS) is 21.6. The van der Waals surface area contributed by atoms with Gasteiger partial charge in [0.15, 0.2) is 0 Å². The van der Waals surface area contributed by atoms with Crippen molar-refractivity contribution in [3.05, 3.63) is 41.7 Å². The van der Waals surface area contributed by atoms with E-state index in [1.165, 1.54) is 13.3 Å². The molecule has 2 aliphatic rings. The van der Waals surface area contributed by atoms with Gasteiger partial charge in [-0.2, -0.15) is 0 Å². The zero-order chi connectivity index (χ0) is 21.1. The van der Waals surface area contributed by atoms with E-state index in [0.29, 0.717) is 36.4 Å². The van der Waals surface area contributed by atoms with Gasteiger partial charge in [-0.25, -0.2) is 9.97 Å². The van der Waals surface area contributed by atoms with Crippen LogP contribution in [0.4, 0.5) is 5.69 Å². The van der Waals surface area contributed by atoms with Crippen molar-refractivity contribution in [3.63, 3.8) is 0 Å². The number of likely N-dealkylation sites (tertiary alicyclic amines) is 1. The molecule has 30 heavy (non-hydrogen) atoms. The highest BCUT2D eigenvalue weighted by Gasteiger charge is 2.38. The van der Waals surface area contributed by atoms with E-state index in [4.69, 9.17) is 21.1 Å². The summed E-state index contributed by atoms with van der Waals surface area (Å²) in [4.78, 5) is 37.3. The standard InChI is InChI=1S/C21H23ClN4O4/c1-29-19-20(24-9-8-23-19)30-17-3-2-10-25(13-17)21(28)14-11-18(27)26(12-14)16-6-4-15(22)5-7-16/h4-9,14,17H,2-3,10-13H2,1H3. The van der Waals surface area contributed by atoms with Gasteiger partial charge < -0.3 is 19.3 Å². The first-order valence-corrected chi connectivity index (χ1v) is 10.3. The van der Waals surface area contributed by atoms with Gasteiger partial charge in [-0.05, 0) is 37.1 Å². The predicted molar refractivity (Wildman–Crippen MR) is 111 cm³/mol. The van der Waals surface area contributed by atoms with Crippen molar-refractivity contribution < 1.29 is 19.1 Å². The molecule has 9 heteroatoms. The average Bonchev–Trinajstić information content (AvgIpc) is 3.16. The molecular formula is C21H23ClN4O4. The Morgan fingerprint density at radius 3 is 2.60 bits per heavy atom. The summed E-state index contributed by atoms with van der Waals surface area (Å²) in [6.45, 7) is 1.48. The number of ether oxygens (including phenoxy) is 2. The van der Waals surface area contributed by atoms with E-state index >= 15 is 0 Å². The van der Waals surface area contributed by atoms with E-state index in [1.807, 2.05) is 0 Å². The van der Waals surface area contributed by atoms with Crippen LogP contribution in [0.2, 0.25) is 5.02 Å². The van der Waals surface area contributed by atoms with Crippen LogP contribution in [0.5, 0.6) is 11.8 Å². The average molecular weight is 431 g/mol. The fourth-order valence-electron chi connectivity index (χ4n) is 3.93. The molecule has 4 rings (SSSR count). The smallest absolute Gasteiger partial charge is 0.278 e. The summed E-state index contributed by atoms with van der Waals surface area (Å²) in [5, 5.41) is 0.608. The highest BCUT2D eigenvalue weighted by Crippen LogP contribution is 2.29. The fourth-order valence-corrected chi connectivity index (χ4v) is 4.05. The first kappa shape index (κ1) is 20.4. The van der Waals surface area contributed by atoms with E-state index in [-0.39, 0.29) is 30.3 Å². The Bertz CT molecular complexity index is 923. The van der Waals surface area contributed by atoms with E-state index < -0.39 is 0 Å². The molecule has 0 radical (unpaired) electrons. The lowest BCUT2D eigenvalue weighted by Gasteiger charge is -2.34. The Kier molecular flexibility index (Phi) is 6.03. The van der Waals surface area contributed by atoms with Crippen molar-refractivity contribution in [2.45, 2.75) is 25.4 Å². The number of halogens is 1. The molecule has 0 spiro atoms. The second kappa shape index (κ2) is 8.87. The minimum Gasteiger partial charge on any atom is -0.477 e. The maximum absolute atomic E-state index is 13.1. The number of carbonyl (C=O) groups excluding carboxylic acids is 2. The van der Waals surface area contributed by atoms with Crippen LogP contribution in [0, 0.1) is 5.92 Å². The second-order valence-electron chi connectivity index (χ2n) is 7.42. The van der Waals surface area contributed by atoms with Crippen molar-refractivity contribution in [1.82, 2.24) is 14.9 Å². The molecule has 2 aliphatic heterocycles. The largest absolute Gasteiger partial charge is 0.477 e. The van der Waals surface area contributed by atoms with Gasteiger partial charge >= 0.3 is 0 Å². The monoisotopic (exact) mass is 430 g/mol. The van der Waals surface area contributed by atoms with Crippen molar-refractivity contribution >= 4 is 29.1 Å². The molecular weight excluding hydrogens is 408 g/mol. The van der Waals surface area contributed by atoms with Crippen LogP contribution in [-0.4, -0.2) is 59.5 Å². The molecule has 1 aromatic carbocycles. The summed E-state index contributed by atoms with van der Waals surface area (Å²) in [5.41, 5.74) is 0.759. The van der Waals surface area contributed by atoms with E-state index in [9.17, 15) is 9.59 Å². The molecule has 2 unspecified atom stereocenters. The highest BCUT2D eigenvalue weighted by molar-refractivity contribution is 6.30. The lowest BCUT2D eigenvalue weighted by atomic mass is 10.0. The number of carbonyl (C=O) groups is 2. The molecule has 2 fully saturated rings. The van der Waals surface area contributed by atoms with E-state index in [0.717, 1.165) is 18.5 Å². The summed E-state index contributed by atoms with van der Waals surface area (Å²) in [7, 11) is 1.51. The third kappa shape index (κ3) is 4.33. The maximum atomic E-state index is 13.1. The van der Waals surface area contributed by atoms with Crippen LogP contribution in [0.1, 0.15) is 19.3 Å². The van der Waals surface area contributed by atoms with Crippen LogP contribution < -0.4 is 14.4 Å². The Morgan fingerprint density at radius 2 is 1.87 bits per heavy atom. The molecule has 0 aliphatic carbocycles. The molecule has 0 saturated carbocycles. The maximum Gasteiger partial charge on any atom is 0.278 e. The van der Waals surface area contributed by atoms with E-state index in [1.54, 1.807) is 40.3 Å². The zero-order valence-electron chi connectivity index (χ0n) is 16.7. The Morgan fingerprint density at radius 1 is 1.13 bits per heavy atom. The number of nitrogens with zero attached hydrogens (tertiary/aromatic N) is 4. The van der Waals surface area contributed by atoms with Crippen LogP contribution in [0.15, 0.2) is 36.7 Å². The van der Waals surface area contributed by atoms with E-state index in [2.05, 4.69) is 9.97 Å². The van der Waals surface area contributed by atoms with Gasteiger partial charge in [-0.3, -0.25) is 9.59 Å². The van der Waals surface area contributed by atoms with Crippen LogP contribution in [0.3, 0.4) is 0 Å². The van der Waals surface area contributed by atoms with Gasteiger partial charge in [-0.15, -0.1) is 0 Å². The van der Waals surface area contributed by atoms with Gasteiger partial charge in [-0.1, -0.05) is 11.6 Å². The first-order chi connectivity index (χ1) is 14.5. The van der Waals surface area contributed by atoms with Gasteiger partial charge in [0, 0.05) is 42.6 Å².